The zero-order chi connectivity index (χ0) is 11.2. The van der Waals surface area contributed by atoms with Crippen LogP contribution < -0.4 is 0 Å². The van der Waals surface area contributed by atoms with Crippen LogP contribution in [0.2, 0.25) is 0 Å². The summed E-state index contributed by atoms with van der Waals surface area (Å²) in [5, 5.41) is 9.91. The zero-order valence-electron chi connectivity index (χ0n) is 8.80. The van der Waals surface area contributed by atoms with Crippen LogP contribution in [0.1, 0.15) is 7.43 Å². The number of aromatic amines is 1. The lowest BCUT2D eigenvalue weighted by Crippen LogP contribution is -1.61. The molecule has 0 spiro atoms. The van der Waals surface area contributed by atoms with Crippen LogP contribution in [-0.4, -0.2) is 10.1 Å². The van der Waals surface area contributed by atoms with Crippen LogP contribution in [0.25, 0.3) is 10.9 Å². The Morgan fingerprint density at radius 1 is 0.765 bits per heavy atom. The summed E-state index contributed by atoms with van der Waals surface area (Å²) >= 11 is 0. The lowest BCUT2D eigenvalue weighted by atomic mass is 10.3. The lowest BCUT2D eigenvalue weighted by Gasteiger charge is -1.83. The molecule has 0 saturated carbocycles. The first-order chi connectivity index (χ1) is 7.86. The van der Waals surface area contributed by atoms with Gasteiger partial charge in [0.25, 0.3) is 0 Å². The molecule has 2 nitrogen and oxygen atoms in total. The summed E-state index contributed by atoms with van der Waals surface area (Å²) in [5.74, 6) is 0.322. The maximum absolute atomic E-state index is 8.63. The quantitative estimate of drug-likeness (QED) is 0.593. The van der Waals surface area contributed by atoms with Gasteiger partial charge in [-0.1, -0.05) is 43.8 Å². The van der Waals surface area contributed by atoms with Crippen molar-refractivity contribution in [1.82, 2.24) is 4.98 Å². The van der Waals surface area contributed by atoms with E-state index in [2.05, 4.69) is 23.2 Å². The topological polar surface area (TPSA) is 36.0 Å². The van der Waals surface area contributed by atoms with Crippen molar-refractivity contribution in [3.63, 3.8) is 0 Å². The normalized spacial score (nSPS) is 8.94. The summed E-state index contributed by atoms with van der Waals surface area (Å²) < 4.78 is 0. The van der Waals surface area contributed by atoms with Gasteiger partial charge in [-0.25, -0.2) is 0 Å². The minimum atomic E-state index is 0. The maximum Gasteiger partial charge on any atom is 0.115 e. The summed E-state index contributed by atoms with van der Waals surface area (Å²) in [4.78, 5) is 3.12. The van der Waals surface area contributed by atoms with Crippen LogP contribution in [0, 0.1) is 0 Å². The summed E-state index contributed by atoms with van der Waals surface area (Å²) in [5.41, 5.74) is 1.21. The highest BCUT2D eigenvalue weighted by Gasteiger charge is 1.86. The molecule has 2 N–H and O–H groups in total. The van der Waals surface area contributed by atoms with E-state index >= 15 is 0 Å². The van der Waals surface area contributed by atoms with Gasteiger partial charge in [0, 0.05) is 11.7 Å². The molecule has 0 radical (unpaired) electrons. The van der Waals surface area contributed by atoms with Gasteiger partial charge in [0.05, 0.1) is 0 Å². The van der Waals surface area contributed by atoms with Crippen molar-refractivity contribution in [1.29, 1.82) is 0 Å². The number of fused-ring (bicyclic) bond motifs is 1. The Labute approximate surface area is 102 Å². The monoisotopic (exact) mass is 227 g/mol. The number of hydrogen-bond donors (Lipinski definition) is 2. The molecule has 0 unspecified atom stereocenters. The standard InChI is InChI=1S/C8H7N.C6H6O.CH4/c1-2-4-8-7(3-1)5-6-9-8;7-6-4-2-1-3-5-6;/h1-6,9H;1-5,7H;1H4. The van der Waals surface area contributed by atoms with E-state index in [4.69, 9.17) is 5.11 Å². The van der Waals surface area contributed by atoms with Gasteiger partial charge in [0.2, 0.25) is 0 Å². The van der Waals surface area contributed by atoms with Gasteiger partial charge >= 0.3 is 0 Å². The summed E-state index contributed by atoms with van der Waals surface area (Å²) in [6, 6.07) is 19.0. The highest BCUT2D eigenvalue weighted by atomic mass is 16.3. The third-order valence-corrected chi connectivity index (χ3v) is 2.22. The van der Waals surface area contributed by atoms with Crippen molar-refractivity contribution >= 4 is 10.9 Å². The molecule has 0 aliphatic rings. The molecule has 3 aromatic rings. The summed E-state index contributed by atoms with van der Waals surface area (Å²) in [6.07, 6.45) is 1.95. The summed E-state index contributed by atoms with van der Waals surface area (Å²) in [7, 11) is 0. The van der Waals surface area contributed by atoms with Crippen molar-refractivity contribution in [3.05, 3.63) is 66.9 Å². The number of para-hydroxylation sites is 2. The molecule has 17 heavy (non-hydrogen) atoms. The van der Waals surface area contributed by atoms with Gasteiger partial charge < -0.3 is 10.1 Å². The van der Waals surface area contributed by atoms with Crippen molar-refractivity contribution < 1.29 is 5.11 Å². The Morgan fingerprint density at radius 2 is 1.41 bits per heavy atom. The van der Waals surface area contributed by atoms with Gasteiger partial charge in [0.1, 0.15) is 5.75 Å². The molecular formula is C15H17NO. The molecule has 0 atom stereocenters. The number of phenols is 1. The predicted molar refractivity (Wildman–Crippen MR) is 73.1 cm³/mol. The second kappa shape index (κ2) is 6.38. The van der Waals surface area contributed by atoms with Crippen molar-refractivity contribution in [2.24, 2.45) is 0 Å². The fraction of sp³-hybridized carbons (Fsp3) is 0.0667. The van der Waals surface area contributed by atoms with Crippen LogP contribution in [0.3, 0.4) is 0 Å². The van der Waals surface area contributed by atoms with Crippen LogP contribution in [0.15, 0.2) is 66.9 Å². The number of H-pyrrole nitrogens is 1. The Hall–Kier alpha value is -2.22. The fourth-order valence-corrected chi connectivity index (χ4v) is 1.42. The van der Waals surface area contributed by atoms with E-state index in [-0.39, 0.29) is 7.43 Å². The fourth-order valence-electron chi connectivity index (χ4n) is 1.42. The molecule has 3 rings (SSSR count). The maximum atomic E-state index is 8.63. The smallest absolute Gasteiger partial charge is 0.115 e. The molecule has 0 saturated heterocycles. The number of hydrogen-bond acceptors (Lipinski definition) is 1. The zero-order valence-corrected chi connectivity index (χ0v) is 8.80. The van der Waals surface area contributed by atoms with Crippen LogP contribution >= 0.6 is 0 Å². The molecule has 0 bridgehead atoms. The van der Waals surface area contributed by atoms with E-state index < -0.39 is 0 Å². The van der Waals surface area contributed by atoms with Gasteiger partial charge in [-0.2, -0.15) is 0 Å². The van der Waals surface area contributed by atoms with Crippen LogP contribution in [-0.2, 0) is 0 Å². The number of phenolic OH excluding ortho intramolecular Hbond substituents is 1. The third kappa shape index (κ3) is 3.68. The van der Waals surface area contributed by atoms with E-state index in [9.17, 15) is 0 Å². The molecule has 2 heteroatoms. The van der Waals surface area contributed by atoms with Gasteiger partial charge in [-0.15, -0.1) is 0 Å². The molecule has 0 aliphatic carbocycles. The number of nitrogens with one attached hydrogen (secondary N) is 1. The first-order valence-corrected chi connectivity index (χ1v) is 5.12. The van der Waals surface area contributed by atoms with Gasteiger partial charge in [-0.3, -0.25) is 0 Å². The van der Waals surface area contributed by atoms with E-state index in [0.717, 1.165) is 0 Å². The Morgan fingerprint density at radius 3 is 2.00 bits per heavy atom. The first kappa shape index (κ1) is 12.8. The van der Waals surface area contributed by atoms with E-state index in [0.29, 0.717) is 5.75 Å². The second-order valence-corrected chi connectivity index (χ2v) is 3.40. The van der Waals surface area contributed by atoms with Gasteiger partial charge in [0.15, 0.2) is 0 Å². The minimum Gasteiger partial charge on any atom is -0.508 e. The molecule has 2 aromatic carbocycles. The van der Waals surface area contributed by atoms with Gasteiger partial charge in [-0.05, 0) is 29.7 Å². The third-order valence-electron chi connectivity index (χ3n) is 2.22. The minimum absolute atomic E-state index is 0. The highest BCUT2D eigenvalue weighted by Crippen LogP contribution is 2.09. The van der Waals surface area contributed by atoms with E-state index in [1.165, 1.54) is 10.9 Å². The lowest BCUT2D eigenvalue weighted by molar-refractivity contribution is 0.475. The largest absolute Gasteiger partial charge is 0.508 e. The van der Waals surface area contributed by atoms with Crippen LogP contribution in [0.4, 0.5) is 0 Å². The molecule has 1 heterocycles. The van der Waals surface area contributed by atoms with Crippen LogP contribution in [0.5, 0.6) is 5.75 Å². The molecule has 0 amide bonds. The Balaban J connectivity index is 0.000000166. The first-order valence-electron chi connectivity index (χ1n) is 5.12. The molecule has 0 fully saturated rings. The summed E-state index contributed by atoms with van der Waals surface area (Å²) in [6.45, 7) is 0. The average molecular weight is 227 g/mol. The molecule has 1 aromatic heterocycles. The second-order valence-electron chi connectivity index (χ2n) is 3.40. The highest BCUT2D eigenvalue weighted by molar-refractivity contribution is 5.78. The predicted octanol–water partition coefficient (Wildman–Crippen LogP) is 4.20. The Kier molecular flexibility index (Phi) is 4.82. The van der Waals surface area contributed by atoms with Crippen molar-refractivity contribution in [3.8, 4) is 5.75 Å². The Bertz CT molecular complexity index is 513. The van der Waals surface area contributed by atoms with Crippen molar-refractivity contribution in [2.45, 2.75) is 7.43 Å². The SMILES string of the molecule is C.Oc1ccccc1.c1ccc2[nH]ccc2c1. The number of aromatic hydroxyl groups is 1. The molecule has 88 valence electrons. The molecule has 0 aliphatic heterocycles. The average Bonchev–Trinajstić information content (AvgIpc) is 2.79. The molecular weight excluding hydrogens is 210 g/mol. The van der Waals surface area contributed by atoms with E-state index in [1.54, 1.807) is 24.3 Å². The number of benzene rings is 2. The van der Waals surface area contributed by atoms with Crippen molar-refractivity contribution in [2.75, 3.05) is 0 Å². The number of aromatic nitrogens is 1. The van der Waals surface area contributed by atoms with E-state index in [1.807, 2.05) is 24.4 Å². The number of rotatable bonds is 0.